The molecule has 0 amide bonds. The number of nitrogens with zero attached hydrogens (tertiary/aromatic N) is 3. The van der Waals surface area contributed by atoms with Gasteiger partial charge in [0.15, 0.2) is 5.82 Å². The van der Waals surface area contributed by atoms with Crippen LogP contribution in [0.25, 0.3) is 23.2 Å². The van der Waals surface area contributed by atoms with Crippen LogP contribution in [0.2, 0.25) is 0 Å². The van der Waals surface area contributed by atoms with E-state index in [1.54, 1.807) is 13.2 Å². The van der Waals surface area contributed by atoms with Crippen molar-refractivity contribution in [2.24, 2.45) is 0 Å². The first kappa shape index (κ1) is 19.8. The standard InChI is InChI=1S/C23H21N3O3S/c1-3-14-29-19-11-6-17(7-12-19)15-20-22(27)26-23(30-20)24-21(25-26)13-8-16-4-9-18(28-2)10-5-16/h4-13,15H,3,14H2,1-2H3/b13-8+,20-15-. The average molecular weight is 420 g/mol. The Kier molecular flexibility index (Phi) is 5.90. The van der Waals surface area contributed by atoms with E-state index in [2.05, 4.69) is 17.0 Å². The van der Waals surface area contributed by atoms with Crippen LogP contribution < -0.4 is 19.6 Å². The van der Waals surface area contributed by atoms with Gasteiger partial charge in [0.1, 0.15) is 11.5 Å². The van der Waals surface area contributed by atoms with Gasteiger partial charge in [-0.25, -0.2) is 0 Å². The maximum Gasteiger partial charge on any atom is 0.291 e. The van der Waals surface area contributed by atoms with Gasteiger partial charge < -0.3 is 9.47 Å². The summed E-state index contributed by atoms with van der Waals surface area (Å²) in [5.41, 5.74) is 1.76. The lowest BCUT2D eigenvalue weighted by atomic mass is 10.2. The molecule has 0 saturated heterocycles. The summed E-state index contributed by atoms with van der Waals surface area (Å²) in [6, 6.07) is 15.3. The zero-order chi connectivity index (χ0) is 20.9. The molecule has 0 aliphatic heterocycles. The van der Waals surface area contributed by atoms with E-state index in [1.165, 1.54) is 15.9 Å². The SMILES string of the molecule is CCCOc1ccc(/C=c2\sc3nc(/C=C/c4ccc(OC)cc4)nn3c2=O)cc1. The molecule has 152 valence electrons. The highest BCUT2D eigenvalue weighted by Gasteiger charge is 2.09. The Labute approximate surface area is 177 Å². The molecule has 2 aromatic carbocycles. The number of fused-ring (bicyclic) bond motifs is 1. The van der Waals surface area contributed by atoms with Gasteiger partial charge in [-0.1, -0.05) is 48.6 Å². The second-order valence-electron chi connectivity index (χ2n) is 6.60. The van der Waals surface area contributed by atoms with E-state index in [0.29, 0.717) is 21.9 Å². The summed E-state index contributed by atoms with van der Waals surface area (Å²) in [7, 11) is 1.63. The summed E-state index contributed by atoms with van der Waals surface area (Å²) in [4.78, 5) is 17.7. The minimum Gasteiger partial charge on any atom is -0.497 e. The molecule has 0 aliphatic rings. The molecule has 0 spiro atoms. The van der Waals surface area contributed by atoms with Crippen molar-refractivity contribution in [2.45, 2.75) is 13.3 Å². The average Bonchev–Trinajstić information content (AvgIpc) is 3.31. The van der Waals surface area contributed by atoms with Gasteiger partial charge in [0, 0.05) is 0 Å². The number of benzene rings is 2. The molecule has 0 bridgehead atoms. The van der Waals surface area contributed by atoms with Gasteiger partial charge in [0.2, 0.25) is 4.96 Å². The number of hydrogen-bond acceptors (Lipinski definition) is 6. The minimum absolute atomic E-state index is 0.169. The van der Waals surface area contributed by atoms with E-state index in [9.17, 15) is 4.79 Å². The summed E-state index contributed by atoms with van der Waals surface area (Å²) in [5.74, 6) is 2.13. The molecule has 30 heavy (non-hydrogen) atoms. The Hall–Kier alpha value is -3.45. The van der Waals surface area contributed by atoms with Crippen LogP contribution in [0.5, 0.6) is 11.5 Å². The van der Waals surface area contributed by atoms with Crippen LogP contribution in [-0.4, -0.2) is 28.3 Å². The number of aromatic nitrogens is 3. The van der Waals surface area contributed by atoms with Gasteiger partial charge >= 0.3 is 0 Å². The van der Waals surface area contributed by atoms with E-state index in [0.717, 1.165) is 29.0 Å². The summed E-state index contributed by atoms with van der Waals surface area (Å²) in [6.45, 7) is 2.76. The van der Waals surface area contributed by atoms with Crippen LogP contribution in [0.4, 0.5) is 0 Å². The summed E-state index contributed by atoms with van der Waals surface area (Å²) in [6.07, 6.45) is 6.50. The van der Waals surface area contributed by atoms with Crippen molar-refractivity contribution >= 4 is 34.5 Å². The smallest absolute Gasteiger partial charge is 0.291 e. The molecule has 0 saturated carbocycles. The number of ether oxygens (including phenoxy) is 2. The quantitative estimate of drug-likeness (QED) is 0.457. The lowest BCUT2D eigenvalue weighted by molar-refractivity contribution is 0.317. The molecule has 0 radical (unpaired) electrons. The molecule has 2 heterocycles. The van der Waals surface area contributed by atoms with E-state index in [-0.39, 0.29) is 5.56 Å². The van der Waals surface area contributed by atoms with Gasteiger partial charge in [-0.2, -0.15) is 9.50 Å². The molecule has 6 nitrogen and oxygen atoms in total. The van der Waals surface area contributed by atoms with Gasteiger partial charge in [-0.05, 0) is 54.0 Å². The Balaban J connectivity index is 1.55. The van der Waals surface area contributed by atoms with Crippen LogP contribution in [0.15, 0.2) is 53.3 Å². The molecule has 0 unspecified atom stereocenters. The van der Waals surface area contributed by atoms with E-state index in [4.69, 9.17) is 9.47 Å². The lowest BCUT2D eigenvalue weighted by Crippen LogP contribution is -2.23. The first-order valence-corrected chi connectivity index (χ1v) is 10.4. The predicted octanol–water partition coefficient (Wildman–Crippen LogP) is 3.67. The van der Waals surface area contributed by atoms with Crippen LogP contribution in [0, 0.1) is 0 Å². The number of rotatable bonds is 7. The maximum absolute atomic E-state index is 12.7. The van der Waals surface area contributed by atoms with Crippen molar-refractivity contribution in [1.29, 1.82) is 0 Å². The van der Waals surface area contributed by atoms with Crippen molar-refractivity contribution in [2.75, 3.05) is 13.7 Å². The first-order chi connectivity index (χ1) is 14.7. The largest absolute Gasteiger partial charge is 0.497 e. The molecule has 0 fully saturated rings. The number of methoxy groups -OCH3 is 1. The summed E-state index contributed by atoms with van der Waals surface area (Å²) in [5, 5.41) is 4.32. The molecular formula is C23H21N3O3S. The summed E-state index contributed by atoms with van der Waals surface area (Å²) < 4.78 is 12.7. The van der Waals surface area contributed by atoms with Crippen molar-refractivity contribution in [3.8, 4) is 11.5 Å². The third-order valence-corrected chi connectivity index (χ3v) is 5.35. The topological polar surface area (TPSA) is 65.7 Å². The molecular weight excluding hydrogens is 398 g/mol. The van der Waals surface area contributed by atoms with Gasteiger partial charge in [-0.15, -0.1) is 5.10 Å². The molecule has 0 aliphatic carbocycles. The maximum atomic E-state index is 12.7. The van der Waals surface area contributed by atoms with Crippen molar-refractivity contribution in [3.63, 3.8) is 0 Å². The molecule has 4 aromatic rings. The van der Waals surface area contributed by atoms with Crippen molar-refractivity contribution < 1.29 is 9.47 Å². The molecule has 4 rings (SSSR count). The van der Waals surface area contributed by atoms with Crippen molar-refractivity contribution in [1.82, 2.24) is 14.6 Å². The minimum atomic E-state index is -0.169. The highest BCUT2D eigenvalue weighted by atomic mass is 32.1. The Morgan fingerprint density at radius 2 is 1.70 bits per heavy atom. The Morgan fingerprint density at radius 1 is 1.00 bits per heavy atom. The van der Waals surface area contributed by atoms with Crippen LogP contribution in [0.1, 0.15) is 30.3 Å². The zero-order valence-corrected chi connectivity index (χ0v) is 17.6. The third kappa shape index (κ3) is 4.41. The fraction of sp³-hybridized carbons (Fsp3) is 0.174. The highest BCUT2D eigenvalue weighted by molar-refractivity contribution is 7.15. The fourth-order valence-corrected chi connectivity index (χ4v) is 3.75. The van der Waals surface area contributed by atoms with E-state index >= 15 is 0 Å². The monoisotopic (exact) mass is 419 g/mol. The van der Waals surface area contributed by atoms with Crippen LogP contribution in [0.3, 0.4) is 0 Å². The predicted molar refractivity (Wildman–Crippen MR) is 120 cm³/mol. The third-order valence-electron chi connectivity index (χ3n) is 4.39. The van der Waals surface area contributed by atoms with Gasteiger partial charge in [0.25, 0.3) is 5.56 Å². The normalized spacial score (nSPS) is 12.1. The van der Waals surface area contributed by atoms with Gasteiger partial charge in [0.05, 0.1) is 18.2 Å². The van der Waals surface area contributed by atoms with Crippen LogP contribution >= 0.6 is 11.3 Å². The Morgan fingerprint density at radius 3 is 2.37 bits per heavy atom. The molecule has 7 heteroatoms. The van der Waals surface area contributed by atoms with Crippen molar-refractivity contribution in [3.05, 3.63) is 80.4 Å². The van der Waals surface area contributed by atoms with Gasteiger partial charge in [-0.3, -0.25) is 4.79 Å². The second kappa shape index (κ2) is 8.92. The van der Waals surface area contributed by atoms with E-state index in [1.807, 2.05) is 60.7 Å². The van der Waals surface area contributed by atoms with E-state index < -0.39 is 0 Å². The number of thiazole rings is 1. The first-order valence-electron chi connectivity index (χ1n) is 9.62. The fourth-order valence-electron chi connectivity index (χ4n) is 2.84. The molecule has 2 aromatic heterocycles. The molecule has 0 atom stereocenters. The highest BCUT2D eigenvalue weighted by Crippen LogP contribution is 2.15. The van der Waals surface area contributed by atoms with Crippen LogP contribution in [-0.2, 0) is 0 Å². The second-order valence-corrected chi connectivity index (χ2v) is 7.61. The zero-order valence-electron chi connectivity index (χ0n) is 16.7. The molecule has 0 N–H and O–H groups in total. The Bertz CT molecular complexity index is 1270. The number of hydrogen-bond donors (Lipinski definition) is 0. The summed E-state index contributed by atoms with van der Waals surface area (Å²) >= 11 is 1.32. The lowest BCUT2D eigenvalue weighted by Gasteiger charge is -2.03.